The van der Waals surface area contributed by atoms with Crippen LogP contribution in [-0.2, 0) is 5.41 Å². The Labute approximate surface area is 233 Å². The molecule has 1 fully saturated rings. The minimum absolute atomic E-state index is 0.0307. The Kier molecular flexibility index (Phi) is 5.00. The fourth-order valence-electron chi connectivity index (χ4n) is 9.11. The van der Waals surface area contributed by atoms with E-state index in [4.69, 9.17) is 0 Å². The first kappa shape index (κ1) is 24.5. The van der Waals surface area contributed by atoms with E-state index in [0.29, 0.717) is 0 Å². The van der Waals surface area contributed by atoms with Crippen LogP contribution in [0.25, 0.3) is 32.7 Å². The molecule has 39 heavy (non-hydrogen) atoms. The third-order valence-electron chi connectivity index (χ3n) is 10.5. The highest BCUT2D eigenvalue weighted by Crippen LogP contribution is 2.70. The van der Waals surface area contributed by atoms with E-state index < -0.39 is 0 Å². The highest BCUT2D eigenvalue weighted by atomic mass is 15.3. The fraction of sp³-hybridized carbons (Fsp3) is 0.316. The van der Waals surface area contributed by atoms with Crippen molar-refractivity contribution in [2.24, 2.45) is 10.8 Å². The van der Waals surface area contributed by atoms with E-state index in [1.54, 1.807) is 0 Å². The second kappa shape index (κ2) is 7.98. The number of hydrogen-bond acceptors (Lipinski definition) is 1. The topological polar surface area (TPSA) is 3.24 Å². The van der Waals surface area contributed by atoms with Crippen molar-refractivity contribution in [3.63, 3.8) is 0 Å². The van der Waals surface area contributed by atoms with Gasteiger partial charge in [-0.05, 0) is 99.2 Å². The molecule has 0 bridgehead atoms. The fourth-order valence-corrected chi connectivity index (χ4v) is 9.11. The van der Waals surface area contributed by atoms with Gasteiger partial charge >= 0.3 is 0 Å². The molecule has 2 atom stereocenters. The lowest BCUT2D eigenvalue weighted by Crippen LogP contribution is -2.65. The average molecular weight is 510 g/mol. The number of anilines is 2. The van der Waals surface area contributed by atoms with Crippen molar-refractivity contribution in [3.05, 3.63) is 109 Å². The minimum atomic E-state index is -0.0542. The molecule has 0 saturated heterocycles. The van der Waals surface area contributed by atoms with Crippen LogP contribution in [0.5, 0.6) is 0 Å². The van der Waals surface area contributed by atoms with Gasteiger partial charge in [0.25, 0.3) is 0 Å². The van der Waals surface area contributed by atoms with Crippen molar-refractivity contribution in [2.45, 2.75) is 65.3 Å². The van der Waals surface area contributed by atoms with Gasteiger partial charge in [0.1, 0.15) is 0 Å². The van der Waals surface area contributed by atoms with Gasteiger partial charge in [0.05, 0.1) is 5.54 Å². The number of fused-ring (bicyclic) bond motifs is 5. The zero-order chi connectivity index (χ0) is 27.2. The van der Waals surface area contributed by atoms with Gasteiger partial charge in [-0.1, -0.05) is 107 Å². The summed E-state index contributed by atoms with van der Waals surface area (Å²) < 4.78 is 0. The molecule has 196 valence electrons. The van der Waals surface area contributed by atoms with Crippen molar-refractivity contribution in [2.75, 3.05) is 4.90 Å². The maximum Gasteiger partial charge on any atom is 0.0528 e. The lowest BCUT2D eigenvalue weighted by molar-refractivity contribution is -0.0236. The van der Waals surface area contributed by atoms with E-state index in [1.807, 2.05) is 0 Å². The molecule has 0 N–H and O–H groups in total. The monoisotopic (exact) mass is 509 g/mol. The highest BCUT2D eigenvalue weighted by Gasteiger charge is 2.67. The van der Waals surface area contributed by atoms with E-state index in [-0.39, 0.29) is 21.8 Å². The predicted molar refractivity (Wildman–Crippen MR) is 168 cm³/mol. The van der Waals surface area contributed by atoms with E-state index in [0.717, 1.165) is 6.42 Å². The number of benzene rings is 5. The van der Waals surface area contributed by atoms with Crippen molar-refractivity contribution < 1.29 is 0 Å². The minimum Gasteiger partial charge on any atom is -0.334 e. The molecule has 1 heteroatoms. The summed E-state index contributed by atoms with van der Waals surface area (Å²) in [7, 11) is 0. The van der Waals surface area contributed by atoms with E-state index in [9.17, 15) is 0 Å². The summed E-state index contributed by atoms with van der Waals surface area (Å²) in [5.74, 6) is 0. The molecule has 5 aromatic carbocycles. The second-order valence-electron chi connectivity index (χ2n) is 13.9. The summed E-state index contributed by atoms with van der Waals surface area (Å²) in [4.78, 5) is 2.69. The molecular formula is C38H39N. The Morgan fingerprint density at radius 1 is 0.590 bits per heavy atom. The molecular weight excluding hydrogens is 470 g/mol. The first-order valence-corrected chi connectivity index (χ1v) is 14.5. The molecule has 1 saturated carbocycles. The maximum absolute atomic E-state index is 2.69. The van der Waals surface area contributed by atoms with Gasteiger partial charge in [-0.2, -0.15) is 0 Å². The quantitative estimate of drug-likeness (QED) is 0.214. The summed E-state index contributed by atoms with van der Waals surface area (Å²) in [6.45, 7) is 15.1. The SMILES string of the molecule is CC1(C)CC(C)(C)C2(C)c3cc(-c4c5ccccc5cc5ccccc45)ccc3N(c3ccccc3)C2(C)C1. The van der Waals surface area contributed by atoms with Crippen LogP contribution in [0.2, 0.25) is 0 Å². The van der Waals surface area contributed by atoms with Crippen LogP contribution in [0, 0.1) is 10.8 Å². The summed E-state index contributed by atoms with van der Waals surface area (Å²) in [5, 5.41) is 5.25. The molecule has 0 radical (unpaired) electrons. The van der Waals surface area contributed by atoms with Gasteiger partial charge in [0.2, 0.25) is 0 Å². The zero-order valence-electron chi connectivity index (χ0n) is 24.2. The Morgan fingerprint density at radius 2 is 1.18 bits per heavy atom. The van der Waals surface area contributed by atoms with Gasteiger partial charge in [0, 0.05) is 16.8 Å². The highest BCUT2D eigenvalue weighted by molar-refractivity contribution is 6.12. The van der Waals surface area contributed by atoms with Crippen molar-refractivity contribution in [1.29, 1.82) is 0 Å². The lowest BCUT2D eigenvalue weighted by Gasteiger charge is -2.62. The molecule has 2 unspecified atom stereocenters. The largest absolute Gasteiger partial charge is 0.334 e. The Morgan fingerprint density at radius 3 is 1.82 bits per heavy atom. The molecule has 1 aliphatic carbocycles. The zero-order valence-corrected chi connectivity index (χ0v) is 24.2. The third kappa shape index (κ3) is 3.26. The van der Waals surface area contributed by atoms with Crippen molar-refractivity contribution >= 4 is 32.9 Å². The standard InChI is InChI=1S/C38H39N/c1-35(2)24-36(3,4)38(6)32-23-28(20-21-33(32)39(37(38,5)25-35)29-16-8-7-9-17-29)34-30-18-12-10-14-26(30)22-27-15-11-13-19-31(27)34/h7-23H,24-25H2,1-6H3. The first-order chi connectivity index (χ1) is 18.6. The van der Waals surface area contributed by atoms with E-state index >= 15 is 0 Å². The molecule has 2 aliphatic rings. The number of nitrogens with zero attached hydrogens (tertiary/aromatic N) is 1. The van der Waals surface area contributed by atoms with Gasteiger partial charge < -0.3 is 4.90 Å². The van der Waals surface area contributed by atoms with Crippen LogP contribution in [0.1, 0.15) is 59.9 Å². The van der Waals surface area contributed by atoms with Crippen LogP contribution in [0.3, 0.4) is 0 Å². The number of para-hydroxylation sites is 1. The molecule has 1 heterocycles. The van der Waals surface area contributed by atoms with Gasteiger partial charge in [-0.3, -0.25) is 0 Å². The summed E-state index contributed by atoms with van der Waals surface area (Å²) in [6, 6.07) is 38.5. The average Bonchev–Trinajstić information content (AvgIpc) is 3.10. The van der Waals surface area contributed by atoms with Crippen LogP contribution in [-0.4, -0.2) is 5.54 Å². The normalized spacial score (nSPS) is 25.0. The molecule has 5 aromatic rings. The summed E-state index contributed by atoms with van der Waals surface area (Å²) in [5.41, 5.74) is 7.10. The third-order valence-corrected chi connectivity index (χ3v) is 10.5. The summed E-state index contributed by atoms with van der Waals surface area (Å²) >= 11 is 0. The number of rotatable bonds is 2. The second-order valence-corrected chi connectivity index (χ2v) is 13.9. The van der Waals surface area contributed by atoms with Crippen LogP contribution < -0.4 is 4.90 Å². The van der Waals surface area contributed by atoms with Crippen LogP contribution >= 0.6 is 0 Å². The van der Waals surface area contributed by atoms with Crippen LogP contribution in [0.15, 0.2) is 103 Å². The molecule has 1 aliphatic heterocycles. The van der Waals surface area contributed by atoms with E-state index in [2.05, 4.69) is 150 Å². The molecule has 1 nitrogen and oxygen atoms in total. The Bertz CT molecular complexity index is 1690. The van der Waals surface area contributed by atoms with Crippen LogP contribution in [0.4, 0.5) is 11.4 Å². The number of hydrogen-bond donors (Lipinski definition) is 0. The maximum atomic E-state index is 2.69. The molecule has 7 rings (SSSR count). The Hall–Kier alpha value is -3.58. The molecule has 0 spiro atoms. The van der Waals surface area contributed by atoms with Gasteiger partial charge in [-0.25, -0.2) is 0 Å². The van der Waals surface area contributed by atoms with Gasteiger partial charge in [0.15, 0.2) is 0 Å². The lowest BCUT2D eigenvalue weighted by atomic mass is 9.45. The summed E-state index contributed by atoms with van der Waals surface area (Å²) in [6.07, 6.45) is 2.35. The van der Waals surface area contributed by atoms with Gasteiger partial charge in [-0.15, -0.1) is 0 Å². The first-order valence-electron chi connectivity index (χ1n) is 14.5. The predicted octanol–water partition coefficient (Wildman–Crippen LogP) is 10.7. The molecule has 0 amide bonds. The van der Waals surface area contributed by atoms with E-state index in [1.165, 1.54) is 56.0 Å². The molecule has 0 aromatic heterocycles. The Balaban J connectivity index is 1.55. The smallest absolute Gasteiger partial charge is 0.0528 e. The van der Waals surface area contributed by atoms with Crippen molar-refractivity contribution in [3.8, 4) is 11.1 Å². The van der Waals surface area contributed by atoms with Crippen molar-refractivity contribution in [1.82, 2.24) is 0 Å².